The van der Waals surface area contributed by atoms with Crippen LogP contribution in [0.3, 0.4) is 0 Å². The van der Waals surface area contributed by atoms with Crippen LogP contribution in [0.5, 0.6) is 0 Å². The number of hydrogen-bond acceptors (Lipinski definition) is 4. The molecule has 0 amide bonds. The fourth-order valence-electron chi connectivity index (χ4n) is 4.19. The van der Waals surface area contributed by atoms with Crippen LogP contribution in [0.2, 0.25) is 0 Å². The van der Waals surface area contributed by atoms with Gasteiger partial charge >= 0.3 is 0 Å². The molecule has 1 aliphatic rings. The molecule has 156 valence electrons. The van der Waals surface area contributed by atoms with E-state index in [4.69, 9.17) is 19.6 Å². The molecule has 1 rings (SSSR count). The molecule has 0 radical (unpaired) electrons. The molecule has 0 bridgehead atoms. The van der Waals surface area contributed by atoms with Crippen LogP contribution in [0.4, 0.5) is 0 Å². The van der Waals surface area contributed by atoms with Crippen LogP contribution in [0.1, 0.15) is 100 Å². The minimum atomic E-state index is -0.750. The highest BCUT2D eigenvalue weighted by molar-refractivity contribution is 4.74. The van der Waals surface area contributed by atoms with Crippen LogP contribution in [-0.4, -0.2) is 19.0 Å². The van der Waals surface area contributed by atoms with E-state index in [0.717, 1.165) is 38.5 Å². The van der Waals surface area contributed by atoms with Gasteiger partial charge in [0.05, 0.1) is 13.2 Å². The summed E-state index contributed by atoms with van der Waals surface area (Å²) in [5.41, 5.74) is 0.175. The van der Waals surface area contributed by atoms with E-state index in [0.29, 0.717) is 25.0 Å². The molecule has 0 saturated heterocycles. The predicted octanol–water partition coefficient (Wildman–Crippen LogP) is 6.69. The lowest BCUT2D eigenvalue weighted by Crippen LogP contribution is -2.40. The third-order valence-electron chi connectivity index (χ3n) is 4.86. The van der Waals surface area contributed by atoms with Crippen molar-refractivity contribution >= 4 is 0 Å². The van der Waals surface area contributed by atoms with Crippen LogP contribution in [0, 0.1) is 22.7 Å². The maximum Gasteiger partial charge on any atom is 0.233 e. The molecule has 0 unspecified atom stereocenters. The van der Waals surface area contributed by atoms with Crippen LogP contribution in [0.25, 0.3) is 0 Å². The normalized spacial score (nSPS) is 18.7. The highest BCUT2D eigenvalue weighted by Crippen LogP contribution is 2.35. The standard InChI is InChI=1S/C22H44O4/c1-18(2)14-20(5,6)16-23-25-22(12-10-9-11-13-22)26-24-17-21(7,8)15-19(3)4/h18-19H,9-17H2,1-8H3. The van der Waals surface area contributed by atoms with Gasteiger partial charge in [0.15, 0.2) is 0 Å². The van der Waals surface area contributed by atoms with Gasteiger partial charge in [0, 0.05) is 12.8 Å². The Balaban J connectivity index is 2.51. The zero-order valence-electron chi connectivity index (χ0n) is 18.7. The minimum Gasteiger partial charge on any atom is -0.233 e. The van der Waals surface area contributed by atoms with E-state index in [1.54, 1.807) is 0 Å². The van der Waals surface area contributed by atoms with Gasteiger partial charge in [-0.2, -0.15) is 9.78 Å². The summed E-state index contributed by atoms with van der Waals surface area (Å²) in [5.74, 6) is 0.528. The Labute approximate surface area is 162 Å². The lowest BCUT2D eigenvalue weighted by Gasteiger charge is -2.36. The number of rotatable bonds is 12. The Morgan fingerprint density at radius 2 is 1.08 bits per heavy atom. The SMILES string of the molecule is CC(C)CC(C)(C)COOC1(OOCC(C)(C)CC(C)C)CCCCC1. The fraction of sp³-hybridized carbons (Fsp3) is 1.00. The van der Waals surface area contributed by atoms with Crippen LogP contribution >= 0.6 is 0 Å². The van der Waals surface area contributed by atoms with Gasteiger partial charge in [-0.05, 0) is 48.3 Å². The molecule has 0 atom stereocenters. The van der Waals surface area contributed by atoms with Crippen molar-refractivity contribution in [3.8, 4) is 0 Å². The average Bonchev–Trinajstić information content (AvgIpc) is 2.44. The van der Waals surface area contributed by atoms with Crippen molar-refractivity contribution in [2.24, 2.45) is 22.7 Å². The summed E-state index contributed by atoms with van der Waals surface area (Å²) in [5, 5.41) is 0. The topological polar surface area (TPSA) is 36.9 Å². The molecule has 1 aliphatic carbocycles. The molecule has 26 heavy (non-hydrogen) atoms. The average molecular weight is 373 g/mol. The summed E-state index contributed by atoms with van der Waals surface area (Å²) in [6.45, 7) is 18.9. The quantitative estimate of drug-likeness (QED) is 0.217. The van der Waals surface area contributed by atoms with Crippen LogP contribution in [-0.2, 0) is 19.6 Å². The van der Waals surface area contributed by atoms with Gasteiger partial charge in [-0.25, -0.2) is 9.78 Å². The Bertz CT molecular complexity index is 352. The Hall–Kier alpha value is -0.160. The summed E-state index contributed by atoms with van der Waals surface area (Å²) in [4.78, 5) is 23.0. The molecule has 4 heteroatoms. The van der Waals surface area contributed by atoms with E-state index in [1.165, 1.54) is 6.42 Å². The monoisotopic (exact) mass is 372 g/mol. The summed E-state index contributed by atoms with van der Waals surface area (Å²) >= 11 is 0. The smallest absolute Gasteiger partial charge is 0.233 e. The molecule has 1 saturated carbocycles. The summed E-state index contributed by atoms with van der Waals surface area (Å²) in [6, 6.07) is 0. The van der Waals surface area contributed by atoms with Crippen molar-refractivity contribution in [1.29, 1.82) is 0 Å². The molecular weight excluding hydrogens is 328 g/mol. The van der Waals surface area contributed by atoms with Crippen LogP contribution < -0.4 is 0 Å². The second-order valence-corrected chi connectivity index (χ2v) is 10.7. The van der Waals surface area contributed by atoms with Crippen molar-refractivity contribution < 1.29 is 19.6 Å². The molecule has 4 nitrogen and oxygen atoms in total. The van der Waals surface area contributed by atoms with Gasteiger partial charge in [-0.3, -0.25) is 0 Å². The summed E-state index contributed by atoms with van der Waals surface area (Å²) < 4.78 is 0. The number of hydrogen-bond donors (Lipinski definition) is 0. The third-order valence-corrected chi connectivity index (χ3v) is 4.86. The maximum absolute atomic E-state index is 5.84. The van der Waals surface area contributed by atoms with Gasteiger partial charge in [0.1, 0.15) is 0 Å². The molecule has 0 N–H and O–H groups in total. The molecule has 0 aromatic carbocycles. The first-order chi connectivity index (χ1) is 12.0. The minimum absolute atomic E-state index is 0.0874. The first-order valence-corrected chi connectivity index (χ1v) is 10.6. The zero-order chi connectivity index (χ0) is 19.8. The molecular formula is C22H44O4. The van der Waals surface area contributed by atoms with E-state index in [1.807, 2.05) is 0 Å². The summed E-state index contributed by atoms with van der Waals surface area (Å²) in [6.07, 6.45) is 7.22. The van der Waals surface area contributed by atoms with Crippen molar-refractivity contribution in [3.05, 3.63) is 0 Å². The molecule has 0 aromatic rings. The van der Waals surface area contributed by atoms with Crippen molar-refractivity contribution in [2.45, 2.75) is 106 Å². The predicted molar refractivity (Wildman–Crippen MR) is 106 cm³/mol. The van der Waals surface area contributed by atoms with Crippen LogP contribution in [0.15, 0.2) is 0 Å². The second-order valence-electron chi connectivity index (χ2n) is 10.7. The van der Waals surface area contributed by atoms with E-state index < -0.39 is 5.79 Å². The second kappa shape index (κ2) is 10.4. The van der Waals surface area contributed by atoms with Gasteiger partial charge < -0.3 is 0 Å². The van der Waals surface area contributed by atoms with E-state index >= 15 is 0 Å². The van der Waals surface area contributed by atoms with E-state index in [9.17, 15) is 0 Å². The Morgan fingerprint density at radius 3 is 1.42 bits per heavy atom. The molecule has 0 aliphatic heterocycles. The van der Waals surface area contributed by atoms with Gasteiger partial charge in [-0.1, -0.05) is 61.8 Å². The maximum atomic E-state index is 5.84. The Kier molecular flexibility index (Phi) is 9.55. The van der Waals surface area contributed by atoms with E-state index in [2.05, 4.69) is 55.4 Å². The fourth-order valence-corrected chi connectivity index (χ4v) is 4.19. The molecule has 0 aromatic heterocycles. The lowest BCUT2D eigenvalue weighted by molar-refractivity contribution is -0.522. The third kappa shape index (κ3) is 9.68. The summed E-state index contributed by atoms with van der Waals surface area (Å²) in [7, 11) is 0. The first kappa shape index (κ1) is 23.9. The zero-order valence-corrected chi connectivity index (χ0v) is 18.7. The van der Waals surface area contributed by atoms with Crippen molar-refractivity contribution in [2.75, 3.05) is 13.2 Å². The lowest BCUT2D eigenvalue weighted by atomic mass is 9.85. The van der Waals surface area contributed by atoms with Gasteiger partial charge in [0.2, 0.25) is 5.79 Å². The van der Waals surface area contributed by atoms with Gasteiger partial charge in [0.25, 0.3) is 0 Å². The highest BCUT2D eigenvalue weighted by atomic mass is 17.3. The van der Waals surface area contributed by atoms with Crippen molar-refractivity contribution in [1.82, 2.24) is 0 Å². The van der Waals surface area contributed by atoms with E-state index in [-0.39, 0.29) is 10.8 Å². The molecule has 0 spiro atoms. The van der Waals surface area contributed by atoms with Gasteiger partial charge in [-0.15, -0.1) is 0 Å². The largest absolute Gasteiger partial charge is 0.233 e. The molecule has 0 heterocycles. The highest BCUT2D eigenvalue weighted by Gasteiger charge is 2.38. The Morgan fingerprint density at radius 1 is 0.692 bits per heavy atom. The first-order valence-electron chi connectivity index (χ1n) is 10.6. The molecule has 1 fully saturated rings. The van der Waals surface area contributed by atoms with Crippen molar-refractivity contribution in [3.63, 3.8) is 0 Å².